The molecule has 0 saturated heterocycles. The van der Waals surface area contributed by atoms with Crippen LogP contribution < -0.4 is 10.1 Å². The Morgan fingerprint density at radius 3 is 2.32 bits per heavy atom. The summed E-state index contributed by atoms with van der Waals surface area (Å²) in [7, 11) is 2.91. The van der Waals surface area contributed by atoms with E-state index in [0.29, 0.717) is 12.2 Å². The van der Waals surface area contributed by atoms with Gasteiger partial charge in [-0.25, -0.2) is 12.7 Å². The lowest BCUT2D eigenvalue weighted by Crippen LogP contribution is -2.30. The van der Waals surface area contributed by atoms with E-state index in [9.17, 15) is 13.2 Å². The molecule has 0 spiro atoms. The van der Waals surface area contributed by atoms with Gasteiger partial charge in [0.15, 0.2) is 0 Å². The van der Waals surface area contributed by atoms with E-state index in [4.69, 9.17) is 4.74 Å². The van der Waals surface area contributed by atoms with Crippen molar-refractivity contribution >= 4 is 37.5 Å². The van der Waals surface area contributed by atoms with Crippen molar-refractivity contribution in [2.24, 2.45) is 0 Å². The average molecular weight is 470 g/mol. The van der Waals surface area contributed by atoms with Crippen molar-refractivity contribution in [1.82, 2.24) is 9.21 Å². The molecule has 152 valence electrons. The molecule has 0 heterocycles. The van der Waals surface area contributed by atoms with Gasteiger partial charge in [0.25, 0.3) is 0 Å². The molecular weight excluding hydrogens is 446 g/mol. The molecule has 0 aromatic heterocycles. The first-order valence-electron chi connectivity index (χ1n) is 8.47. The first-order chi connectivity index (χ1) is 13.1. The fourth-order valence-electron chi connectivity index (χ4n) is 2.58. The van der Waals surface area contributed by atoms with Crippen LogP contribution in [-0.4, -0.2) is 58.3 Å². The number of likely N-dealkylation sites (N-methyl/N-ethyl adjacent to an activating group) is 1. The number of hydrogen-bond acceptors (Lipinski definition) is 5. The van der Waals surface area contributed by atoms with Crippen molar-refractivity contribution in [3.05, 3.63) is 52.5 Å². The third-order valence-electron chi connectivity index (χ3n) is 4.01. The molecule has 0 radical (unpaired) electrons. The summed E-state index contributed by atoms with van der Waals surface area (Å²) >= 11 is 3.44. The zero-order chi connectivity index (χ0) is 20.9. The summed E-state index contributed by atoms with van der Waals surface area (Å²) in [6, 6.07) is 11.8. The monoisotopic (exact) mass is 469 g/mol. The van der Waals surface area contributed by atoms with Crippen LogP contribution in [0.3, 0.4) is 0 Å². The highest BCUT2D eigenvalue weighted by molar-refractivity contribution is 9.10. The van der Waals surface area contributed by atoms with Gasteiger partial charge < -0.3 is 10.1 Å². The van der Waals surface area contributed by atoms with Crippen LogP contribution in [0.2, 0.25) is 0 Å². The van der Waals surface area contributed by atoms with Gasteiger partial charge in [-0.2, -0.15) is 0 Å². The first kappa shape index (κ1) is 22.4. The molecule has 0 bridgehead atoms. The third-order valence-corrected chi connectivity index (χ3v) is 6.34. The lowest BCUT2D eigenvalue weighted by molar-refractivity contribution is -0.117. The number of sulfonamides is 1. The van der Waals surface area contributed by atoms with E-state index in [0.717, 1.165) is 20.1 Å². The summed E-state index contributed by atoms with van der Waals surface area (Å²) in [5.41, 5.74) is 1.50. The molecular formula is C19H24BrN3O4S. The second kappa shape index (κ2) is 9.51. The number of methoxy groups -OCH3 is 1. The van der Waals surface area contributed by atoms with Crippen molar-refractivity contribution in [2.75, 3.05) is 40.1 Å². The predicted octanol–water partition coefficient (Wildman–Crippen LogP) is 2.78. The minimum atomic E-state index is -3.49. The van der Waals surface area contributed by atoms with Gasteiger partial charge in [-0.3, -0.25) is 9.69 Å². The molecule has 28 heavy (non-hydrogen) atoms. The average Bonchev–Trinajstić information content (AvgIpc) is 2.62. The van der Waals surface area contributed by atoms with E-state index < -0.39 is 10.0 Å². The molecule has 0 fully saturated rings. The fraction of sp³-hybridized carbons (Fsp3) is 0.316. The predicted molar refractivity (Wildman–Crippen MR) is 113 cm³/mol. The Kier molecular flexibility index (Phi) is 7.59. The molecule has 0 saturated carbocycles. The number of hydrogen-bond donors (Lipinski definition) is 1. The van der Waals surface area contributed by atoms with E-state index in [-0.39, 0.29) is 17.3 Å². The van der Waals surface area contributed by atoms with E-state index >= 15 is 0 Å². The van der Waals surface area contributed by atoms with Crippen molar-refractivity contribution in [3.8, 4) is 5.75 Å². The Labute approximate surface area is 174 Å². The number of carbonyl (C=O) groups is 1. The van der Waals surface area contributed by atoms with Gasteiger partial charge in [-0.05, 0) is 49.5 Å². The molecule has 1 amide bonds. The minimum Gasteiger partial charge on any atom is -0.496 e. The topological polar surface area (TPSA) is 79.0 Å². The highest BCUT2D eigenvalue weighted by atomic mass is 79.9. The zero-order valence-electron chi connectivity index (χ0n) is 16.3. The lowest BCUT2D eigenvalue weighted by atomic mass is 10.2. The van der Waals surface area contributed by atoms with Crippen molar-refractivity contribution in [3.63, 3.8) is 0 Å². The number of ether oxygens (including phenoxy) is 1. The molecule has 1 N–H and O–H groups in total. The van der Waals surface area contributed by atoms with E-state index in [1.54, 1.807) is 19.2 Å². The summed E-state index contributed by atoms with van der Waals surface area (Å²) < 4.78 is 31.6. The number of amides is 1. The summed E-state index contributed by atoms with van der Waals surface area (Å²) in [6.07, 6.45) is 0. The van der Waals surface area contributed by atoms with E-state index in [1.165, 1.54) is 26.2 Å². The number of halogens is 1. The molecule has 2 aromatic rings. The lowest BCUT2D eigenvalue weighted by Gasteiger charge is -2.18. The Morgan fingerprint density at radius 2 is 1.75 bits per heavy atom. The van der Waals surface area contributed by atoms with Gasteiger partial charge in [0.05, 0.1) is 18.6 Å². The Hall–Kier alpha value is -1.94. The van der Waals surface area contributed by atoms with Gasteiger partial charge in [-0.15, -0.1) is 0 Å². The van der Waals surface area contributed by atoms with Crippen LogP contribution in [-0.2, 0) is 21.4 Å². The third kappa shape index (κ3) is 5.78. The summed E-state index contributed by atoms with van der Waals surface area (Å²) in [6.45, 7) is 0.712. The Bertz CT molecular complexity index is 931. The van der Waals surface area contributed by atoms with E-state index in [2.05, 4.69) is 21.2 Å². The molecule has 0 aliphatic rings. The number of rotatable bonds is 8. The summed E-state index contributed by atoms with van der Waals surface area (Å²) in [4.78, 5) is 14.3. The van der Waals surface area contributed by atoms with Crippen LogP contribution in [0.15, 0.2) is 51.8 Å². The minimum absolute atomic E-state index is 0.174. The second-order valence-corrected chi connectivity index (χ2v) is 9.56. The molecule has 0 atom stereocenters. The first-order valence-corrected chi connectivity index (χ1v) is 10.7. The Morgan fingerprint density at radius 1 is 1.11 bits per heavy atom. The smallest absolute Gasteiger partial charge is 0.242 e. The number of benzene rings is 2. The van der Waals surface area contributed by atoms with Gasteiger partial charge in [-0.1, -0.05) is 15.9 Å². The largest absolute Gasteiger partial charge is 0.496 e. The molecule has 0 unspecified atom stereocenters. The van der Waals surface area contributed by atoms with E-state index in [1.807, 2.05) is 30.1 Å². The maximum absolute atomic E-state index is 12.3. The van der Waals surface area contributed by atoms with Gasteiger partial charge in [0.1, 0.15) is 5.75 Å². The van der Waals surface area contributed by atoms with Crippen molar-refractivity contribution in [2.45, 2.75) is 11.4 Å². The normalized spacial score (nSPS) is 11.7. The van der Waals surface area contributed by atoms with Crippen LogP contribution >= 0.6 is 15.9 Å². The van der Waals surface area contributed by atoms with Gasteiger partial charge in [0.2, 0.25) is 15.9 Å². The Balaban J connectivity index is 1.98. The van der Waals surface area contributed by atoms with Crippen LogP contribution in [0.4, 0.5) is 5.69 Å². The molecule has 9 heteroatoms. The summed E-state index contributed by atoms with van der Waals surface area (Å²) in [5, 5.41) is 2.78. The number of anilines is 1. The molecule has 0 aliphatic carbocycles. The summed E-state index contributed by atoms with van der Waals surface area (Å²) in [5.74, 6) is 0.563. The standard InChI is InChI=1S/C19H24BrN3O4S/c1-22(2)28(25,26)17-8-6-16(7-9-17)21-19(24)13-23(3)12-14-11-15(20)5-10-18(14)27-4/h5-11H,12-13H2,1-4H3,(H,21,24). The van der Waals surface area contributed by atoms with Crippen molar-refractivity contribution in [1.29, 1.82) is 0 Å². The zero-order valence-corrected chi connectivity index (χ0v) is 18.7. The van der Waals surface area contributed by atoms with Crippen LogP contribution in [0.1, 0.15) is 5.56 Å². The van der Waals surface area contributed by atoms with Crippen LogP contribution in [0.25, 0.3) is 0 Å². The highest BCUT2D eigenvalue weighted by Gasteiger charge is 2.17. The SMILES string of the molecule is COc1ccc(Br)cc1CN(C)CC(=O)Nc1ccc(S(=O)(=O)N(C)C)cc1. The molecule has 7 nitrogen and oxygen atoms in total. The molecule has 2 rings (SSSR count). The molecule has 0 aliphatic heterocycles. The highest BCUT2D eigenvalue weighted by Crippen LogP contribution is 2.24. The van der Waals surface area contributed by atoms with Crippen molar-refractivity contribution < 1.29 is 17.9 Å². The maximum Gasteiger partial charge on any atom is 0.242 e. The number of nitrogens with one attached hydrogen (secondary N) is 1. The number of carbonyl (C=O) groups excluding carboxylic acids is 1. The maximum atomic E-state index is 12.3. The molecule has 2 aromatic carbocycles. The van der Waals surface area contributed by atoms with Crippen LogP contribution in [0, 0.1) is 0 Å². The second-order valence-electron chi connectivity index (χ2n) is 6.49. The van der Waals surface area contributed by atoms with Gasteiger partial charge in [0, 0.05) is 36.4 Å². The quantitative estimate of drug-likeness (QED) is 0.642. The van der Waals surface area contributed by atoms with Gasteiger partial charge >= 0.3 is 0 Å². The number of nitrogens with zero attached hydrogens (tertiary/aromatic N) is 2. The fourth-order valence-corrected chi connectivity index (χ4v) is 3.89. The van der Waals surface area contributed by atoms with Crippen LogP contribution in [0.5, 0.6) is 5.75 Å².